The van der Waals surface area contributed by atoms with E-state index >= 15 is 0 Å². The van der Waals surface area contributed by atoms with Gasteiger partial charge in [0.2, 0.25) is 0 Å². The quantitative estimate of drug-likeness (QED) is 0.833. The van der Waals surface area contributed by atoms with E-state index < -0.39 is 0 Å². The lowest BCUT2D eigenvalue weighted by Crippen LogP contribution is -2.44. The third-order valence-corrected chi connectivity index (χ3v) is 4.84. The van der Waals surface area contributed by atoms with E-state index in [0.29, 0.717) is 18.6 Å². The molecule has 0 aromatic carbocycles. The molecule has 0 aromatic heterocycles. The van der Waals surface area contributed by atoms with Gasteiger partial charge < -0.3 is 5.32 Å². The molecule has 0 spiro atoms. The van der Waals surface area contributed by atoms with Crippen LogP contribution in [0.25, 0.3) is 0 Å². The van der Waals surface area contributed by atoms with Gasteiger partial charge in [0.05, 0.1) is 6.07 Å². The number of hydrogen-bond donors (Lipinski definition) is 1. The van der Waals surface area contributed by atoms with Gasteiger partial charge in [0.1, 0.15) is 11.3 Å². The van der Waals surface area contributed by atoms with Crippen molar-refractivity contribution >= 4 is 5.78 Å². The summed E-state index contributed by atoms with van der Waals surface area (Å²) < 4.78 is 0. The number of carbonyl (C=O) groups excluding carboxylic acids is 1. The van der Waals surface area contributed by atoms with Crippen LogP contribution in [0.1, 0.15) is 79.1 Å². The first-order valence-electron chi connectivity index (χ1n) is 9.48. The number of Topliss-reactive ketones (excluding diaryl/α,β-unsaturated/α-hetero) is 1. The van der Waals surface area contributed by atoms with Crippen molar-refractivity contribution < 1.29 is 4.79 Å². The normalized spacial score (nSPS) is 17.5. The predicted molar refractivity (Wildman–Crippen MR) is 97.4 cm³/mol. The molecule has 0 aromatic rings. The predicted octanol–water partition coefficient (Wildman–Crippen LogP) is 3.91. The van der Waals surface area contributed by atoms with Crippen molar-refractivity contribution in [3.8, 4) is 6.07 Å². The summed E-state index contributed by atoms with van der Waals surface area (Å²) >= 11 is 0. The Morgan fingerprint density at radius 1 is 1.00 bits per heavy atom. The second-order valence-corrected chi connectivity index (χ2v) is 6.25. The fourth-order valence-corrected chi connectivity index (χ4v) is 2.95. The average molecular weight is 324 g/mol. The van der Waals surface area contributed by atoms with Crippen LogP contribution in [0.4, 0.5) is 0 Å². The van der Waals surface area contributed by atoms with E-state index in [1.165, 1.54) is 38.8 Å². The molecule has 2 saturated heterocycles. The van der Waals surface area contributed by atoms with Gasteiger partial charge in [-0.15, -0.1) is 0 Å². The molecule has 2 heterocycles. The summed E-state index contributed by atoms with van der Waals surface area (Å²) in [7, 11) is 0. The summed E-state index contributed by atoms with van der Waals surface area (Å²) in [6, 6.07) is 2.48. The van der Waals surface area contributed by atoms with Crippen molar-refractivity contribution in [1.29, 1.82) is 5.26 Å². The summed E-state index contributed by atoms with van der Waals surface area (Å²) in [5.41, 5.74) is -0.156. The Kier molecular flexibility index (Phi) is 13.0. The molecule has 4 heteroatoms. The second-order valence-electron chi connectivity index (χ2n) is 6.25. The summed E-state index contributed by atoms with van der Waals surface area (Å²) in [6.45, 7) is 12.7. The van der Waals surface area contributed by atoms with E-state index in [9.17, 15) is 4.79 Å². The van der Waals surface area contributed by atoms with Crippen LogP contribution in [0.5, 0.6) is 0 Å². The number of hydrogen-bond acceptors (Lipinski definition) is 4. The van der Waals surface area contributed by atoms with Crippen LogP contribution in [-0.4, -0.2) is 42.4 Å². The summed E-state index contributed by atoms with van der Waals surface area (Å²) in [6.07, 6.45) is 8.61. The van der Waals surface area contributed by atoms with Crippen molar-refractivity contribution in [3.63, 3.8) is 0 Å². The van der Waals surface area contributed by atoms with Crippen molar-refractivity contribution in [2.24, 2.45) is 0 Å². The fraction of sp³-hybridized carbons (Fsp3) is 0.895. The van der Waals surface area contributed by atoms with E-state index in [1.807, 2.05) is 13.8 Å². The monoisotopic (exact) mass is 323 g/mol. The van der Waals surface area contributed by atoms with Crippen LogP contribution in [0.2, 0.25) is 0 Å². The fourth-order valence-electron chi connectivity index (χ4n) is 2.95. The topological polar surface area (TPSA) is 56.1 Å². The van der Waals surface area contributed by atoms with Crippen LogP contribution < -0.4 is 5.32 Å². The zero-order valence-corrected chi connectivity index (χ0v) is 15.8. The molecule has 2 aliphatic rings. The van der Waals surface area contributed by atoms with E-state index in [0.717, 1.165) is 25.9 Å². The smallest absolute Gasteiger partial charge is 0.132 e. The van der Waals surface area contributed by atoms with Gasteiger partial charge in [-0.1, -0.05) is 27.7 Å². The van der Waals surface area contributed by atoms with Crippen molar-refractivity contribution in [3.05, 3.63) is 0 Å². The largest absolute Gasteiger partial charge is 0.317 e. The number of carbonyl (C=O) groups is 1. The maximum absolute atomic E-state index is 10.2. The van der Waals surface area contributed by atoms with Gasteiger partial charge in [0.25, 0.3) is 0 Å². The van der Waals surface area contributed by atoms with Crippen molar-refractivity contribution in [1.82, 2.24) is 10.2 Å². The van der Waals surface area contributed by atoms with Crippen molar-refractivity contribution in [2.75, 3.05) is 26.2 Å². The molecule has 2 aliphatic heterocycles. The van der Waals surface area contributed by atoms with Gasteiger partial charge >= 0.3 is 0 Å². The Morgan fingerprint density at radius 2 is 1.48 bits per heavy atom. The standard InChI is InChI=1S/C10H18N2.C5H10O.C4H9N/c1-3-10(4-2,9-11)12-7-5-6-8-12;1-3-5(6)4-2;1-2-4-5-3-1/h3-8H2,1-2H3;3-4H2,1-2H3;5H,1-4H2. The summed E-state index contributed by atoms with van der Waals surface area (Å²) in [5.74, 6) is 0.343. The van der Waals surface area contributed by atoms with Crippen molar-refractivity contribution in [2.45, 2.75) is 84.6 Å². The maximum Gasteiger partial charge on any atom is 0.132 e. The SMILES string of the molecule is C1CCNC1.CCC(=O)CC.CCC(C#N)(CC)N1CCCC1. The lowest BCUT2D eigenvalue weighted by atomic mass is 9.93. The number of nitriles is 1. The molecule has 0 aliphatic carbocycles. The third kappa shape index (κ3) is 8.48. The van der Waals surface area contributed by atoms with Gasteiger partial charge in [0.15, 0.2) is 0 Å². The molecule has 0 amide bonds. The molecule has 2 fully saturated rings. The van der Waals surface area contributed by atoms with Gasteiger partial charge in [0, 0.05) is 12.8 Å². The van der Waals surface area contributed by atoms with Gasteiger partial charge in [-0.25, -0.2) is 0 Å². The minimum absolute atomic E-state index is 0.156. The third-order valence-electron chi connectivity index (χ3n) is 4.84. The Balaban J connectivity index is 0.000000366. The number of nitrogens with zero attached hydrogens (tertiary/aromatic N) is 2. The first-order chi connectivity index (χ1) is 11.1. The van der Waals surface area contributed by atoms with E-state index in [4.69, 9.17) is 5.26 Å². The van der Waals surface area contributed by atoms with E-state index in [1.54, 1.807) is 0 Å². The minimum Gasteiger partial charge on any atom is -0.317 e. The molecule has 4 nitrogen and oxygen atoms in total. The Hall–Kier alpha value is -0.920. The van der Waals surface area contributed by atoms with Crippen LogP contribution >= 0.6 is 0 Å². The number of nitrogens with one attached hydrogen (secondary N) is 1. The van der Waals surface area contributed by atoms with Gasteiger partial charge in [-0.3, -0.25) is 9.69 Å². The number of likely N-dealkylation sites (tertiary alicyclic amines) is 1. The minimum atomic E-state index is -0.156. The molecule has 0 radical (unpaired) electrons. The zero-order valence-electron chi connectivity index (χ0n) is 15.8. The first-order valence-corrected chi connectivity index (χ1v) is 9.48. The van der Waals surface area contributed by atoms with Crippen LogP contribution in [0.3, 0.4) is 0 Å². The first kappa shape index (κ1) is 22.1. The second kappa shape index (κ2) is 13.5. The highest BCUT2D eigenvalue weighted by Gasteiger charge is 2.34. The highest BCUT2D eigenvalue weighted by molar-refractivity contribution is 5.77. The molecule has 0 bridgehead atoms. The maximum atomic E-state index is 10.2. The number of ketones is 1. The van der Waals surface area contributed by atoms with Gasteiger partial charge in [-0.05, 0) is 64.7 Å². The molecule has 0 unspecified atom stereocenters. The Morgan fingerprint density at radius 3 is 1.70 bits per heavy atom. The zero-order chi connectivity index (χ0) is 17.6. The molecule has 0 atom stereocenters. The molecule has 0 saturated carbocycles. The van der Waals surface area contributed by atoms with Crippen LogP contribution in [0.15, 0.2) is 0 Å². The Bertz CT molecular complexity index is 321. The Labute approximate surface area is 143 Å². The van der Waals surface area contributed by atoms with Crippen LogP contribution in [-0.2, 0) is 4.79 Å². The van der Waals surface area contributed by atoms with Gasteiger partial charge in [-0.2, -0.15) is 5.26 Å². The van der Waals surface area contributed by atoms with E-state index in [2.05, 4.69) is 30.1 Å². The molecular formula is C19H37N3O. The molecule has 23 heavy (non-hydrogen) atoms. The van der Waals surface area contributed by atoms with Crippen LogP contribution in [0, 0.1) is 11.3 Å². The number of rotatable bonds is 5. The highest BCUT2D eigenvalue weighted by atomic mass is 16.1. The van der Waals surface area contributed by atoms with E-state index in [-0.39, 0.29) is 5.54 Å². The average Bonchev–Trinajstić information content (AvgIpc) is 3.33. The summed E-state index contributed by atoms with van der Waals surface area (Å²) in [4.78, 5) is 12.5. The lowest BCUT2D eigenvalue weighted by Gasteiger charge is -2.34. The molecular weight excluding hydrogens is 286 g/mol. The molecule has 134 valence electrons. The summed E-state index contributed by atoms with van der Waals surface area (Å²) in [5, 5.41) is 12.4. The lowest BCUT2D eigenvalue weighted by molar-refractivity contribution is -0.118. The highest BCUT2D eigenvalue weighted by Crippen LogP contribution is 2.27. The molecule has 1 N–H and O–H groups in total. The molecule has 2 rings (SSSR count).